The van der Waals surface area contributed by atoms with E-state index in [2.05, 4.69) is 24.3 Å². The van der Waals surface area contributed by atoms with Gasteiger partial charge in [-0.1, -0.05) is 60.7 Å². The standard InChI is InChI=1S/C24H20O4/c25-22(26)19-14-16-8-7-13-24(17-9-3-1-4-10-17,18-11-5-2-6-12-18)21(16)15-20(19)23(27)28/h1-6,9-12,14-15H,7-8,13H2,(H,25,26)(H,27,28). The molecule has 0 radical (unpaired) electrons. The van der Waals surface area contributed by atoms with Crippen LogP contribution < -0.4 is 0 Å². The summed E-state index contributed by atoms with van der Waals surface area (Å²) >= 11 is 0. The van der Waals surface area contributed by atoms with E-state index in [0.717, 1.165) is 41.5 Å². The molecule has 0 aliphatic heterocycles. The predicted molar refractivity (Wildman–Crippen MR) is 106 cm³/mol. The van der Waals surface area contributed by atoms with Crippen molar-refractivity contribution in [2.75, 3.05) is 0 Å². The lowest BCUT2D eigenvalue weighted by Gasteiger charge is -2.41. The fourth-order valence-corrected chi connectivity index (χ4v) is 4.49. The zero-order valence-electron chi connectivity index (χ0n) is 15.3. The Kier molecular flexibility index (Phi) is 4.47. The van der Waals surface area contributed by atoms with Crippen molar-refractivity contribution in [3.05, 3.63) is 106 Å². The van der Waals surface area contributed by atoms with Crippen molar-refractivity contribution >= 4 is 11.9 Å². The molecule has 3 aromatic rings. The number of hydrogen-bond donors (Lipinski definition) is 2. The maximum absolute atomic E-state index is 11.8. The van der Waals surface area contributed by atoms with Crippen molar-refractivity contribution in [2.45, 2.75) is 24.7 Å². The summed E-state index contributed by atoms with van der Waals surface area (Å²) in [6.07, 6.45) is 2.46. The molecule has 0 heterocycles. The van der Waals surface area contributed by atoms with Gasteiger partial charge in [-0.2, -0.15) is 0 Å². The second-order valence-electron chi connectivity index (χ2n) is 7.16. The number of aromatic carboxylic acids is 2. The van der Waals surface area contributed by atoms with E-state index in [-0.39, 0.29) is 11.1 Å². The molecule has 0 unspecified atom stereocenters. The van der Waals surface area contributed by atoms with Crippen molar-refractivity contribution in [3.63, 3.8) is 0 Å². The molecule has 0 bridgehead atoms. The van der Waals surface area contributed by atoms with E-state index < -0.39 is 17.4 Å². The molecular weight excluding hydrogens is 352 g/mol. The van der Waals surface area contributed by atoms with Crippen LogP contribution in [0.1, 0.15) is 55.8 Å². The molecule has 0 aromatic heterocycles. The smallest absolute Gasteiger partial charge is 0.336 e. The van der Waals surface area contributed by atoms with Crippen molar-refractivity contribution in [3.8, 4) is 0 Å². The molecule has 3 aromatic carbocycles. The Balaban J connectivity index is 2.08. The second kappa shape index (κ2) is 6.97. The fraction of sp³-hybridized carbons (Fsp3) is 0.167. The largest absolute Gasteiger partial charge is 0.478 e. The topological polar surface area (TPSA) is 74.6 Å². The number of rotatable bonds is 4. The van der Waals surface area contributed by atoms with Crippen LogP contribution in [0.2, 0.25) is 0 Å². The third-order valence-corrected chi connectivity index (χ3v) is 5.70. The van der Waals surface area contributed by atoms with Crippen LogP contribution >= 0.6 is 0 Å². The first-order valence-corrected chi connectivity index (χ1v) is 9.29. The first-order chi connectivity index (χ1) is 13.5. The van der Waals surface area contributed by atoms with Crippen LogP contribution in [0.5, 0.6) is 0 Å². The van der Waals surface area contributed by atoms with Crippen molar-refractivity contribution in [1.29, 1.82) is 0 Å². The van der Waals surface area contributed by atoms with Crippen LogP contribution in [-0.4, -0.2) is 22.2 Å². The molecule has 0 fully saturated rings. The minimum atomic E-state index is -1.22. The highest BCUT2D eigenvalue weighted by Gasteiger charge is 2.41. The Morgan fingerprint density at radius 2 is 1.25 bits per heavy atom. The molecule has 28 heavy (non-hydrogen) atoms. The lowest BCUT2D eigenvalue weighted by Crippen LogP contribution is -2.34. The quantitative estimate of drug-likeness (QED) is 0.693. The predicted octanol–water partition coefficient (Wildman–Crippen LogP) is 4.75. The maximum atomic E-state index is 11.8. The average Bonchev–Trinajstić information content (AvgIpc) is 2.73. The van der Waals surface area contributed by atoms with Gasteiger partial charge in [-0.05, 0) is 53.6 Å². The molecule has 140 valence electrons. The number of carboxylic acids is 2. The highest BCUT2D eigenvalue weighted by molar-refractivity contribution is 6.02. The normalized spacial score (nSPS) is 14.9. The third-order valence-electron chi connectivity index (χ3n) is 5.70. The van der Waals surface area contributed by atoms with E-state index in [4.69, 9.17) is 0 Å². The summed E-state index contributed by atoms with van der Waals surface area (Å²) < 4.78 is 0. The number of hydrogen-bond acceptors (Lipinski definition) is 2. The summed E-state index contributed by atoms with van der Waals surface area (Å²) in [4.78, 5) is 23.5. The summed E-state index contributed by atoms with van der Waals surface area (Å²) in [6.45, 7) is 0. The summed E-state index contributed by atoms with van der Waals surface area (Å²) in [5.41, 5.74) is 3.15. The van der Waals surface area contributed by atoms with E-state index in [1.165, 1.54) is 0 Å². The Morgan fingerprint density at radius 1 is 0.750 bits per heavy atom. The van der Waals surface area contributed by atoms with E-state index in [1.807, 2.05) is 36.4 Å². The van der Waals surface area contributed by atoms with Gasteiger partial charge in [-0.15, -0.1) is 0 Å². The van der Waals surface area contributed by atoms with Crippen molar-refractivity contribution < 1.29 is 19.8 Å². The molecule has 4 rings (SSSR count). The molecule has 0 atom stereocenters. The first kappa shape index (κ1) is 18.0. The van der Waals surface area contributed by atoms with E-state index in [1.54, 1.807) is 12.1 Å². The van der Waals surface area contributed by atoms with Gasteiger partial charge in [0.1, 0.15) is 0 Å². The van der Waals surface area contributed by atoms with Gasteiger partial charge in [0.25, 0.3) is 0 Å². The number of carboxylic acid groups (broad SMARTS) is 2. The number of benzene rings is 3. The van der Waals surface area contributed by atoms with Gasteiger partial charge < -0.3 is 10.2 Å². The molecule has 0 amide bonds. The number of carbonyl (C=O) groups is 2. The van der Waals surface area contributed by atoms with Crippen LogP contribution in [0.3, 0.4) is 0 Å². The van der Waals surface area contributed by atoms with Crippen LogP contribution in [0, 0.1) is 0 Å². The first-order valence-electron chi connectivity index (χ1n) is 9.29. The molecule has 1 aliphatic rings. The lowest BCUT2D eigenvalue weighted by atomic mass is 9.62. The highest BCUT2D eigenvalue weighted by atomic mass is 16.4. The summed E-state index contributed by atoms with van der Waals surface area (Å²) in [5, 5.41) is 19.2. The van der Waals surface area contributed by atoms with E-state index in [0.29, 0.717) is 0 Å². The molecule has 4 heteroatoms. The van der Waals surface area contributed by atoms with Gasteiger partial charge in [-0.25, -0.2) is 9.59 Å². The summed E-state index contributed by atoms with van der Waals surface area (Å²) in [7, 11) is 0. The summed E-state index contributed by atoms with van der Waals surface area (Å²) in [6, 6.07) is 23.3. The third kappa shape index (κ3) is 2.78. The minimum absolute atomic E-state index is 0.150. The van der Waals surface area contributed by atoms with Gasteiger partial charge in [0.2, 0.25) is 0 Å². The SMILES string of the molecule is O=C(O)c1cc2c(cc1C(=O)O)C(c1ccccc1)(c1ccccc1)CCC2. The van der Waals surface area contributed by atoms with Crippen molar-refractivity contribution in [2.24, 2.45) is 0 Å². The Morgan fingerprint density at radius 3 is 1.75 bits per heavy atom. The molecule has 4 nitrogen and oxygen atoms in total. The Bertz CT molecular complexity index is 999. The van der Waals surface area contributed by atoms with Crippen molar-refractivity contribution in [1.82, 2.24) is 0 Å². The van der Waals surface area contributed by atoms with Gasteiger partial charge in [0, 0.05) is 5.41 Å². The maximum Gasteiger partial charge on any atom is 0.336 e. The Labute approximate surface area is 163 Å². The molecule has 0 saturated heterocycles. The molecular formula is C24H20O4. The van der Waals surface area contributed by atoms with Gasteiger partial charge in [0.05, 0.1) is 11.1 Å². The number of aryl methyl sites for hydroxylation is 1. The van der Waals surface area contributed by atoms with Crippen LogP contribution in [0.25, 0.3) is 0 Å². The number of fused-ring (bicyclic) bond motifs is 1. The second-order valence-corrected chi connectivity index (χ2v) is 7.16. The minimum Gasteiger partial charge on any atom is -0.478 e. The fourth-order valence-electron chi connectivity index (χ4n) is 4.49. The monoisotopic (exact) mass is 372 g/mol. The molecule has 0 saturated carbocycles. The molecule has 1 aliphatic carbocycles. The average molecular weight is 372 g/mol. The molecule has 0 spiro atoms. The van der Waals surface area contributed by atoms with E-state index >= 15 is 0 Å². The van der Waals surface area contributed by atoms with Gasteiger partial charge >= 0.3 is 11.9 Å². The lowest BCUT2D eigenvalue weighted by molar-refractivity contribution is 0.0651. The van der Waals surface area contributed by atoms with Crippen LogP contribution in [-0.2, 0) is 11.8 Å². The van der Waals surface area contributed by atoms with Gasteiger partial charge in [-0.3, -0.25) is 0 Å². The zero-order valence-corrected chi connectivity index (χ0v) is 15.3. The van der Waals surface area contributed by atoms with Crippen LogP contribution in [0.15, 0.2) is 72.8 Å². The van der Waals surface area contributed by atoms with E-state index in [9.17, 15) is 19.8 Å². The van der Waals surface area contributed by atoms with Crippen LogP contribution in [0.4, 0.5) is 0 Å². The van der Waals surface area contributed by atoms with Gasteiger partial charge in [0.15, 0.2) is 0 Å². The summed E-state index contributed by atoms with van der Waals surface area (Å²) in [5.74, 6) is -2.43. The highest BCUT2D eigenvalue weighted by Crippen LogP contribution is 2.48. The molecule has 2 N–H and O–H groups in total. The zero-order chi connectivity index (χ0) is 19.7. The Hall–Kier alpha value is -3.40.